The molecule has 2 aromatic carbocycles. The summed E-state index contributed by atoms with van der Waals surface area (Å²) in [7, 11) is 0. The summed E-state index contributed by atoms with van der Waals surface area (Å²) in [5.41, 5.74) is 1.93. The summed E-state index contributed by atoms with van der Waals surface area (Å²) in [6, 6.07) is 13.7. The lowest BCUT2D eigenvalue weighted by atomic mass is 10.1. The van der Waals surface area contributed by atoms with Crippen LogP contribution in [0.15, 0.2) is 53.1 Å². The van der Waals surface area contributed by atoms with Gasteiger partial charge < -0.3 is 9.84 Å². The highest BCUT2D eigenvalue weighted by atomic mass is 16.6. The second-order valence-electron chi connectivity index (χ2n) is 5.70. The lowest BCUT2D eigenvalue weighted by Gasteiger charge is -2.04. The maximum absolute atomic E-state index is 12.1. The first-order chi connectivity index (χ1) is 12.5. The predicted molar refractivity (Wildman–Crippen MR) is 94.5 cm³/mol. The van der Waals surface area contributed by atoms with Crippen LogP contribution in [0.1, 0.15) is 17.9 Å². The van der Waals surface area contributed by atoms with Crippen LogP contribution in [0.25, 0.3) is 11.4 Å². The van der Waals surface area contributed by atoms with Crippen molar-refractivity contribution in [1.29, 1.82) is 0 Å². The molecule has 1 heterocycles. The van der Waals surface area contributed by atoms with Crippen LogP contribution >= 0.6 is 0 Å². The van der Waals surface area contributed by atoms with Gasteiger partial charge in [-0.25, -0.2) is 0 Å². The Balaban J connectivity index is 1.61. The Kier molecular flexibility index (Phi) is 5.02. The summed E-state index contributed by atoms with van der Waals surface area (Å²) in [6.07, 6.45) is 0.312. The predicted octanol–water partition coefficient (Wildman–Crippen LogP) is 3.52. The molecule has 1 N–H and O–H groups in total. The monoisotopic (exact) mass is 352 g/mol. The number of anilines is 1. The number of nitro benzene ring substituents is 1. The Bertz CT molecular complexity index is 952. The molecule has 0 aliphatic heterocycles. The highest BCUT2D eigenvalue weighted by Crippen LogP contribution is 2.23. The first-order valence-electron chi connectivity index (χ1n) is 7.96. The van der Waals surface area contributed by atoms with Crippen LogP contribution in [0, 0.1) is 17.0 Å². The Morgan fingerprint density at radius 3 is 2.81 bits per heavy atom. The van der Waals surface area contributed by atoms with E-state index in [2.05, 4.69) is 15.5 Å². The maximum atomic E-state index is 12.1. The number of carbonyl (C=O) groups is 1. The zero-order valence-electron chi connectivity index (χ0n) is 14.0. The van der Waals surface area contributed by atoms with Gasteiger partial charge in [0.05, 0.1) is 4.92 Å². The van der Waals surface area contributed by atoms with Crippen molar-refractivity contribution in [3.8, 4) is 11.4 Å². The molecule has 26 heavy (non-hydrogen) atoms. The standard InChI is InChI=1S/C18H16N4O4/c1-12-5-4-6-13(11-12)18-20-17(26-21-18)10-9-16(23)19-14-7-2-3-8-15(14)22(24)25/h2-8,11H,9-10H2,1H3,(H,19,23). The minimum absolute atomic E-state index is 0.0709. The Morgan fingerprint density at radius 1 is 1.23 bits per heavy atom. The number of carbonyl (C=O) groups excluding carboxylic acids is 1. The third-order valence-electron chi connectivity index (χ3n) is 3.69. The minimum Gasteiger partial charge on any atom is -0.339 e. The van der Waals surface area contributed by atoms with Gasteiger partial charge in [0.1, 0.15) is 5.69 Å². The molecule has 0 unspecified atom stereocenters. The average molecular weight is 352 g/mol. The number of hydrogen-bond acceptors (Lipinski definition) is 6. The molecular weight excluding hydrogens is 336 g/mol. The van der Waals surface area contributed by atoms with Crippen LogP contribution in [0.4, 0.5) is 11.4 Å². The smallest absolute Gasteiger partial charge is 0.292 e. The third-order valence-corrected chi connectivity index (χ3v) is 3.69. The van der Waals surface area contributed by atoms with E-state index in [4.69, 9.17) is 4.52 Å². The number of rotatable bonds is 6. The second kappa shape index (κ2) is 7.56. The topological polar surface area (TPSA) is 111 Å². The molecule has 0 radical (unpaired) electrons. The number of hydrogen-bond donors (Lipinski definition) is 1. The van der Waals surface area contributed by atoms with E-state index < -0.39 is 4.92 Å². The van der Waals surface area contributed by atoms with Crippen molar-refractivity contribution in [2.45, 2.75) is 19.8 Å². The van der Waals surface area contributed by atoms with Crippen molar-refractivity contribution in [1.82, 2.24) is 10.1 Å². The number of benzene rings is 2. The molecule has 132 valence electrons. The van der Waals surface area contributed by atoms with Gasteiger partial charge in [0.25, 0.3) is 5.69 Å². The maximum Gasteiger partial charge on any atom is 0.292 e. The fourth-order valence-electron chi connectivity index (χ4n) is 2.43. The van der Waals surface area contributed by atoms with Crippen LogP contribution in [-0.4, -0.2) is 21.0 Å². The van der Waals surface area contributed by atoms with E-state index in [1.54, 1.807) is 12.1 Å². The Labute approximate surface area is 149 Å². The molecule has 8 nitrogen and oxygen atoms in total. The van der Waals surface area contributed by atoms with Gasteiger partial charge in [-0.2, -0.15) is 4.98 Å². The van der Waals surface area contributed by atoms with Crippen LogP contribution < -0.4 is 5.32 Å². The minimum atomic E-state index is -0.540. The molecular formula is C18H16N4O4. The summed E-state index contributed by atoms with van der Waals surface area (Å²) < 4.78 is 5.17. The van der Waals surface area contributed by atoms with Crippen LogP contribution in [-0.2, 0) is 11.2 Å². The van der Waals surface area contributed by atoms with Crippen LogP contribution in [0.3, 0.4) is 0 Å². The first-order valence-corrected chi connectivity index (χ1v) is 7.96. The molecule has 0 aliphatic rings. The summed E-state index contributed by atoms with van der Waals surface area (Å²) in [4.78, 5) is 26.8. The van der Waals surface area contributed by atoms with Gasteiger partial charge in [0, 0.05) is 24.5 Å². The molecule has 0 spiro atoms. The van der Waals surface area contributed by atoms with E-state index in [9.17, 15) is 14.9 Å². The molecule has 0 aliphatic carbocycles. The molecule has 1 amide bonds. The molecule has 3 rings (SSSR count). The lowest BCUT2D eigenvalue weighted by Crippen LogP contribution is -2.13. The van der Waals surface area contributed by atoms with Gasteiger partial charge >= 0.3 is 0 Å². The second-order valence-corrected chi connectivity index (χ2v) is 5.70. The average Bonchev–Trinajstić information content (AvgIpc) is 3.09. The number of amides is 1. The van der Waals surface area contributed by atoms with E-state index in [0.717, 1.165) is 11.1 Å². The number of nitro groups is 1. The van der Waals surface area contributed by atoms with Crippen molar-refractivity contribution in [2.24, 2.45) is 0 Å². The third kappa shape index (κ3) is 4.10. The molecule has 0 atom stereocenters. The Morgan fingerprint density at radius 2 is 2.04 bits per heavy atom. The molecule has 0 bridgehead atoms. The summed E-state index contributed by atoms with van der Waals surface area (Å²) >= 11 is 0. The van der Waals surface area contributed by atoms with Gasteiger partial charge in [-0.1, -0.05) is 41.1 Å². The SMILES string of the molecule is Cc1cccc(-c2noc(CCC(=O)Nc3ccccc3[N+](=O)[O-])n2)c1. The van der Waals surface area contributed by atoms with Crippen molar-refractivity contribution >= 4 is 17.3 Å². The quantitative estimate of drug-likeness (QED) is 0.536. The fourth-order valence-corrected chi connectivity index (χ4v) is 2.43. The van der Waals surface area contributed by atoms with Gasteiger partial charge in [-0.05, 0) is 19.1 Å². The van der Waals surface area contributed by atoms with Gasteiger partial charge in [0.15, 0.2) is 0 Å². The Hall–Kier alpha value is -3.55. The van der Waals surface area contributed by atoms with E-state index in [1.807, 2.05) is 31.2 Å². The molecule has 1 aromatic heterocycles. The first kappa shape index (κ1) is 17.3. The number of para-hydroxylation sites is 2. The number of nitrogens with zero attached hydrogens (tertiary/aromatic N) is 3. The zero-order valence-corrected chi connectivity index (χ0v) is 14.0. The van der Waals surface area contributed by atoms with Crippen LogP contribution in [0.5, 0.6) is 0 Å². The van der Waals surface area contributed by atoms with Crippen molar-refractivity contribution in [3.63, 3.8) is 0 Å². The highest BCUT2D eigenvalue weighted by Gasteiger charge is 2.16. The van der Waals surface area contributed by atoms with Gasteiger partial charge in [-0.15, -0.1) is 0 Å². The van der Waals surface area contributed by atoms with Crippen LogP contribution in [0.2, 0.25) is 0 Å². The largest absolute Gasteiger partial charge is 0.339 e. The van der Waals surface area contributed by atoms with E-state index >= 15 is 0 Å². The normalized spacial score (nSPS) is 10.5. The van der Waals surface area contributed by atoms with E-state index in [0.29, 0.717) is 11.7 Å². The van der Waals surface area contributed by atoms with E-state index in [-0.39, 0.29) is 30.1 Å². The number of nitrogens with one attached hydrogen (secondary N) is 1. The van der Waals surface area contributed by atoms with Crippen molar-refractivity contribution < 1.29 is 14.2 Å². The van der Waals surface area contributed by atoms with Crippen molar-refractivity contribution in [2.75, 3.05) is 5.32 Å². The zero-order chi connectivity index (χ0) is 18.5. The fraction of sp³-hybridized carbons (Fsp3) is 0.167. The highest BCUT2D eigenvalue weighted by molar-refractivity contribution is 5.93. The van der Waals surface area contributed by atoms with E-state index in [1.165, 1.54) is 12.1 Å². The molecule has 0 saturated carbocycles. The summed E-state index contributed by atoms with van der Waals surface area (Å²) in [5.74, 6) is 0.427. The van der Waals surface area contributed by atoms with Gasteiger partial charge in [0.2, 0.25) is 17.6 Å². The summed E-state index contributed by atoms with van der Waals surface area (Å²) in [5, 5.41) is 17.4. The molecule has 0 fully saturated rings. The number of aryl methyl sites for hydroxylation is 2. The van der Waals surface area contributed by atoms with Gasteiger partial charge in [-0.3, -0.25) is 14.9 Å². The summed E-state index contributed by atoms with van der Waals surface area (Å²) in [6.45, 7) is 1.97. The molecule has 3 aromatic rings. The number of aromatic nitrogens is 2. The lowest BCUT2D eigenvalue weighted by molar-refractivity contribution is -0.383. The molecule has 0 saturated heterocycles. The molecule has 8 heteroatoms. The van der Waals surface area contributed by atoms with Crippen molar-refractivity contribution in [3.05, 3.63) is 70.1 Å².